The highest BCUT2D eigenvalue weighted by molar-refractivity contribution is 6.30. The summed E-state index contributed by atoms with van der Waals surface area (Å²) in [5.74, 6) is -0.403. The Morgan fingerprint density at radius 2 is 2.00 bits per heavy atom. The van der Waals surface area contributed by atoms with Crippen LogP contribution in [-0.4, -0.2) is 0 Å². The molecule has 0 N–H and O–H groups in total. The average Bonchev–Trinajstić information content (AvgIpc) is 1.59. The maximum Gasteiger partial charge on any atom is 0.124 e. The maximum absolute atomic E-state index is 12.3. The summed E-state index contributed by atoms with van der Waals surface area (Å²) in [6.45, 7) is 5.24. The zero-order chi connectivity index (χ0) is 6.85. The fourth-order valence-corrected chi connectivity index (χ4v) is 0.805. The molecule has 1 aromatic carbocycles. The number of benzene rings is 1. The molecule has 0 aliphatic heterocycles. The van der Waals surface area contributed by atoms with Crippen molar-refractivity contribution in [2.45, 2.75) is 0 Å². The summed E-state index contributed by atoms with van der Waals surface area (Å²) in [6, 6.07) is 3.91. The molecule has 0 bridgehead atoms. The molecule has 0 amide bonds. The van der Waals surface area contributed by atoms with Gasteiger partial charge in [-0.3, -0.25) is 0 Å². The Hall–Kier alpha value is -0.560. The third-order valence-electron chi connectivity index (χ3n) is 0.885. The van der Waals surface area contributed by atoms with Crippen molar-refractivity contribution in [2.24, 2.45) is 0 Å². The lowest BCUT2D eigenvalue weighted by Gasteiger charge is -1.92. The summed E-state index contributed by atoms with van der Waals surface area (Å²) >= 11 is 5.43. The van der Waals surface area contributed by atoms with Gasteiger partial charge in [-0.2, -0.15) is 0 Å². The molecule has 0 atom stereocenters. The van der Waals surface area contributed by atoms with Crippen LogP contribution < -0.4 is 0 Å². The van der Waals surface area contributed by atoms with E-state index in [1.807, 2.05) is 0 Å². The molecular weight excluding hydrogens is 139 g/mol. The van der Waals surface area contributed by atoms with E-state index in [1.54, 1.807) is 0 Å². The van der Waals surface area contributed by atoms with Crippen molar-refractivity contribution < 1.29 is 4.39 Å². The minimum absolute atomic E-state index is 0.326. The molecule has 2 heteroatoms. The second-order valence-electron chi connectivity index (χ2n) is 1.70. The Morgan fingerprint density at radius 3 is 2.44 bits per heavy atom. The van der Waals surface area contributed by atoms with Crippen molar-refractivity contribution >= 4 is 11.6 Å². The van der Waals surface area contributed by atoms with Crippen molar-refractivity contribution in [3.63, 3.8) is 0 Å². The summed E-state index contributed by atoms with van der Waals surface area (Å²) in [5.41, 5.74) is 0.347. The summed E-state index contributed by atoms with van der Waals surface area (Å²) in [7, 11) is 0. The minimum atomic E-state index is -0.403. The van der Waals surface area contributed by atoms with Gasteiger partial charge in [-0.1, -0.05) is 11.6 Å². The van der Waals surface area contributed by atoms with E-state index in [-0.39, 0.29) is 0 Å². The van der Waals surface area contributed by atoms with Crippen LogP contribution in [0.4, 0.5) is 4.39 Å². The van der Waals surface area contributed by atoms with Crippen LogP contribution in [0.1, 0.15) is 5.56 Å². The van der Waals surface area contributed by atoms with Gasteiger partial charge in [0.2, 0.25) is 0 Å². The zero-order valence-electron chi connectivity index (χ0n) is 4.57. The monoisotopic (exact) mass is 142 g/mol. The van der Waals surface area contributed by atoms with Gasteiger partial charge in [0.05, 0.1) is 0 Å². The molecule has 9 heavy (non-hydrogen) atoms. The smallest absolute Gasteiger partial charge is 0.124 e. The molecule has 1 aromatic rings. The van der Waals surface area contributed by atoms with E-state index in [1.165, 1.54) is 18.2 Å². The first-order valence-electron chi connectivity index (χ1n) is 2.40. The Morgan fingerprint density at radius 1 is 1.33 bits per heavy atom. The highest BCUT2D eigenvalue weighted by Crippen LogP contribution is 2.12. The van der Waals surface area contributed by atoms with Crippen molar-refractivity contribution in [2.75, 3.05) is 0 Å². The first-order chi connectivity index (χ1) is 4.18. The van der Waals surface area contributed by atoms with E-state index >= 15 is 0 Å². The standard InChI is InChI=1S/C7H4ClF/c1-5-2-6(8)4-7(9)3-5/h1-4H. The molecule has 0 unspecified atom stereocenters. The van der Waals surface area contributed by atoms with Crippen molar-refractivity contribution in [3.8, 4) is 0 Å². The molecule has 0 fully saturated rings. The highest BCUT2D eigenvalue weighted by Gasteiger charge is 1.92. The lowest BCUT2D eigenvalue weighted by Crippen LogP contribution is -1.75. The van der Waals surface area contributed by atoms with Crippen molar-refractivity contribution in [1.29, 1.82) is 0 Å². The maximum atomic E-state index is 12.3. The Bertz CT molecular complexity index is 170. The van der Waals surface area contributed by atoms with E-state index in [4.69, 9.17) is 18.5 Å². The zero-order valence-corrected chi connectivity index (χ0v) is 5.32. The van der Waals surface area contributed by atoms with Crippen LogP contribution in [0.15, 0.2) is 18.2 Å². The minimum Gasteiger partial charge on any atom is -0.207 e. The third kappa shape index (κ3) is 1.68. The largest absolute Gasteiger partial charge is 0.207 e. The van der Waals surface area contributed by atoms with Gasteiger partial charge < -0.3 is 0 Å². The summed E-state index contributed by atoms with van der Waals surface area (Å²) in [5, 5.41) is 0.326. The third-order valence-corrected chi connectivity index (χ3v) is 1.10. The number of halogens is 2. The first kappa shape index (κ1) is 6.56. The predicted molar refractivity (Wildman–Crippen MR) is 34.8 cm³/mol. The summed E-state index contributed by atoms with van der Waals surface area (Å²) < 4.78 is 12.3. The molecule has 0 nitrogen and oxygen atoms in total. The first-order valence-corrected chi connectivity index (χ1v) is 2.78. The van der Waals surface area contributed by atoms with Crippen LogP contribution >= 0.6 is 11.6 Å². The van der Waals surface area contributed by atoms with E-state index < -0.39 is 5.82 Å². The van der Waals surface area contributed by atoms with Crippen LogP contribution in [0.2, 0.25) is 5.02 Å². The molecule has 0 saturated heterocycles. The molecule has 0 aliphatic rings. The van der Waals surface area contributed by atoms with Gasteiger partial charge in [0, 0.05) is 5.02 Å². The molecule has 0 saturated carbocycles. The van der Waals surface area contributed by atoms with Crippen LogP contribution in [-0.2, 0) is 0 Å². The Balaban J connectivity index is 3.17. The number of hydrogen-bond donors (Lipinski definition) is 0. The lowest BCUT2D eigenvalue weighted by molar-refractivity contribution is 0.627. The van der Waals surface area contributed by atoms with Crippen LogP contribution in [0, 0.1) is 12.7 Å². The van der Waals surface area contributed by atoms with Gasteiger partial charge in [0.1, 0.15) is 5.82 Å². The normalized spacial score (nSPS) is 9.67. The van der Waals surface area contributed by atoms with E-state index in [0.717, 1.165) is 0 Å². The summed E-state index contributed by atoms with van der Waals surface area (Å²) in [6.07, 6.45) is 0. The van der Waals surface area contributed by atoms with Gasteiger partial charge in [-0.25, -0.2) is 4.39 Å². The Kier molecular flexibility index (Phi) is 1.72. The SMILES string of the molecule is [CH]c1cc(F)cc(Cl)c1. The summed E-state index contributed by atoms with van der Waals surface area (Å²) in [4.78, 5) is 0. The molecule has 0 aliphatic carbocycles. The molecule has 0 spiro atoms. The Labute approximate surface area is 58.3 Å². The van der Waals surface area contributed by atoms with Gasteiger partial charge >= 0.3 is 0 Å². The van der Waals surface area contributed by atoms with Crippen LogP contribution in [0.25, 0.3) is 0 Å². The quantitative estimate of drug-likeness (QED) is 0.522. The van der Waals surface area contributed by atoms with Gasteiger partial charge in [-0.05, 0) is 30.7 Å². The van der Waals surface area contributed by atoms with Gasteiger partial charge in [0.25, 0.3) is 0 Å². The van der Waals surface area contributed by atoms with Crippen molar-refractivity contribution in [3.05, 3.63) is 41.5 Å². The lowest BCUT2D eigenvalue weighted by atomic mass is 10.2. The highest BCUT2D eigenvalue weighted by atomic mass is 35.5. The molecule has 0 heterocycles. The molecule has 2 radical (unpaired) electrons. The van der Waals surface area contributed by atoms with Crippen LogP contribution in [0.3, 0.4) is 0 Å². The number of rotatable bonds is 0. The van der Waals surface area contributed by atoms with E-state index in [0.29, 0.717) is 10.6 Å². The van der Waals surface area contributed by atoms with Crippen LogP contribution in [0.5, 0.6) is 0 Å². The molecular formula is C7H4ClF. The molecule has 1 rings (SSSR count). The average molecular weight is 143 g/mol. The fraction of sp³-hybridized carbons (Fsp3) is 0. The topological polar surface area (TPSA) is 0 Å². The second-order valence-corrected chi connectivity index (χ2v) is 2.14. The number of hydrogen-bond acceptors (Lipinski definition) is 0. The van der Waals surface area contributed by atoms with E-state index in [2.05, 4.69) is 0 Å². The van der Waals surface area contributed by atoms with E-state index in [9.17, 15) is 4.39 Å². The predicted octanol–water partition coefficient (Wildman–Crippen LogP) is 2.54. The molecule has 0 aromatic heterocycles. The second kappa shape index (κ2) is 2.36. The fourth-order valence-electron chi connectivity index (χ4n) is 0.575. The van der Waals surface area contributed by atoms with Gasteiger partial charge in [-0.15, -0.1) is 0 Å². The van der Waals surface area contributed by atoms with Gasteiger partial charge in [0.15, 0.2) is 0 Å². The van der Waals surface area contributed by atoms with Crippen molar-refractivity contribution in [1.82, 2.24) is 0 Å². The molecule has 46 valence electrons.